The first-order chi connectivity index (χ1) is 15.8. The lowest BCUT2D eigenvalue weighted by Gasteiger charge is -2.34. The van der Waals surface area contributed by atoms with Crippen LogP contribution in [0.3, 0.4) is 0 Å². The molecule has 0 unspecified atom stereocenters. The lowest BCUT2D eigenvalue weighted by atomic mass is 10.1. The van der Waals surface area contributed by atoms with E-state index in [9.17, 15) is 18.8 Å². The molecule has 0 aliphatic carbocycles. The third kappa shape index (κ3) is 4.41. The number of anilines is 1. The van der Waals surface area contributed by atoms with Gasteiger partial charge in [-0.25, -0.2) is 9.78 Å². The third-order valence-electron chi connectivity index (χ3n) is 5.65. The van der Waals surface area contributed by atoms with Crippen LogP contribution in [0.4, 0.5) is 10.1 Å². The van der Waals surface area contributed by atoms with Crippen molar-refractivity contribution in [2.24, 2.45) is 0 Å². The molecule has 0 spiro atoms. The number of aromatic nitrogens is 3. The van der Waals surface area contributed by atoms with E-state index in [0.717, 1.165) is 10.9 Å². The van der Waals surface area contributed by atoms with Crippen LogP contribution in [0.15, 0.2) is 35.1 Å². The molecule has 172 valence electrons. The summed E-state index contributed by atoms with van der Waals surface area (Å²) in [6.45, 7) is 3.75. The van der Waals surface area contributed by atoms with Crippen molar-refractivity contribution in [3.63, 3.8) is 0 Å². The maximum absolute atomic E-state index is 14.5. The molecule has 11 heteroatoms. The van der Waals surface area contributed by atoms with Crippen molar-refractivity contribution < 1.29 is 14.0 Å². The van der Waals surface area contributed by atoms with Crippen molar-refractivity contribution in [3.8, 4) is 0 Å². The van der Waals surface area contributed by atoms with Gasteiger partial charge in [-0.05, 0) is 36.8 Å². The summed E-state index contributed by atoms with van der Waals surface area (Å²) in [6, 6.07) is 8.46. The number of piperazine rings is 1. The van der Waals surface area contributed by atoms with Crippen molar-refractivity contribution >= 4 is 40.6 Å². The van der Waals surface area contributed by atoms with Crippen molar-refractivity contribution in [2.45, 2.75) is 20.0 Å². The van der Waals surface area contributed by atoms with Gasteiger partial charge in [0, 0.05) is 38.6 Å². The largest absolute Gasteiger partial charge is 0.354 e. The van der Waals surface area contributed by atoms with Crippen molar-refractivity contribution in [2.75, 3.05) is 31.6 Å². The second kappa shape index (κ2) is 9.20. The highest BCUT2D eigenvalue weighted by Crippen LogP contribution is 2.22. The number of amides is 2. The zero-order valence-corrected chi connectivity index (χ0v) is 19.0. The monoisotopic (exact) mass is 470 g/mol. The number of fused-ring (bicyclic) bond motifs is 1. The molecular formula is C22H23FN6O3S. The number of nitrogens with zero attached hydrogens (tertiary/aromatic N) is 4. The third-order valence-corrected chi connectivity index (χ3v) is 6.09. The Morgan fingerprint density at radius 3 is 2.70 bits per heavy atom. The number of hydrogen-bond donors (Lipinski definition) is 2. The molecule has 0 bridgehead atoms. The van der Waals surface area contributed by atoms with E-state index in [-0.39, 0.29) is 36.1 Å². The van der Waals surface area contributed by atoms with Crippen molar-refractivity contribution in [1.82, 2.24) is 24.8 Å². The maximum atomic E-state index is 14.5. The van der Waals surface area contributed by atoms with Crippen LogP contribution in [0.5, 0.6) is 0 Å². The Labute approximate surface area is 193 Å². The number of benzene rings is 1. The van der Waals surface area contributed by atoms with E-state index in [1.54, 1.807) is 0 Å². The molecule has 1 aromatic carbocycles. The molecule has 0 saturated carbocycles. The molecule has 2 amide bonds. The van der Waals surface area contributed by atoms with E-state index in [1.165, 1.54) is 28.6 Å². The number of carbonyl (C=O) groups is 2. The van der Waals surface area contributed by atoms with E-state index in [1.807, 2.05) is 30.0 Å². The summed E-state index contributed by atoms with van der Waals surface area (Å²) in [6.07, 6.45) is 0. The second-order valence-electron chi connectivity index (χ2n) is 7.70. The average Bonchev–Trinajstić information content (AvgIpc) is 2.79. The van der Waals surface area contributed by atoms with Gasteiger partial charge in [0.25, 0.3) is 5.91 Å². The van der Waals surface area contributed by atoms with Crippen molar-refractivity contribution in [3.05, 3.63) is 62.7 Å². The summed E-state index contributed by atoms with van der Waals surface area (Å²) >= 11 is 5.42. The molecule has 3 heterocycles. The van der Waals surface area contributed by atoms with Gasteiger partial charge in [0.05, 0.1) is 17.7 Å². The van der Waals surface area contributed by atoms with Gasteiger partial charge >= 0.3 is 5.69 Å². The molecule has 1 saturated heterocycles. The Morgan fingerprint density at radius 1 is 1.24 bits per heavy atom. The molecule has 33 heavy (non-hydrogen) atoms. The van der Waals surface area contributed by atoms with Gasteiger partial charge in [0.15, 0.2) is 0 Å². The van der Waals surface area contributed by atoms with E-state index in [0.29, 0.717) is 29.8 Å². The number of rotatable bonds is 5. The predicted octanol–water partition coefficient (Wildman–Crippen LogP) is 1.82. The first-order valence-electron chi connectivity index (χ1n) is 10.5. The van der Waals surface area contributed by atoms with Crippen LogP contribution in [0.1, 0.15) is 23.0 Å². The molecule has 2 N–H and O–H groups in total. The summed E-state index contributed by atoms with van der Waals surface area (Å²) in [7, 11) is 1.43. The smallest absolute Gasteiger partial charge is 0.326 e. The lowest BCUT2D eigenvalue weighted by Crippen LogP contribution is -2.50. The first-order valence-corrected chi connectivity index (χ1v) is 10.9. The SMILES string of the molecule is CCn1c(=O)[nH]c2cc(CN3CCN(c4ccc(C(=O)NC)nc4F)C(=O)C3)ccc2c1=S. The number of aromatic amines is 1. The molecular weight excluding hydrogens is 447 g/mol. The predicted molar refractivity (Wildman–Crippen MR) is 124 cm³/mol. The fourth-order valence-electron chi connectivity index (χ4n) is 3.94. The Balaban J connectivity index is 1.49. The van der Waals surface area contributed by atoms with Gasteiger partial charge in [-0.1, -0.05) is 18.3 Å². The van der Waals surface area contributed by atoms with Gasteiger partial charge in [-0.15, -0.1) is 0 Å². The molecule has 9 nitrogen and oxygen atoms in total. The molecule has 4 rings (SSSR count). The summed E-state index contributed by atoms with van der Waals surface area (Å²) in [5, 5.41) is 3.18. The first kappa shape index (κ1) is 22.7. The standard InChI is InChI=1S/C22H23FN6O3S/c1-3-28-21(33)14-5-4-13(10-16(14)26-22(28)32)11-27-8-9-29(18(30)12-27)17-7-6-15(20(31)24-2)25-19(17)23/h4-7,10H,3,8-9,11-12H2,1-2H3,(H,24,31)(H,26,32). The highest BCUT2D eigenvalue weighted by molar-refractivity contribution is 7.71. The zero-order valence-electron chi connectivity index (χ0n) is 18.2. The van der Waals surface area contributed by atoms with Crippen LogP contribution in [-0.2, 0) is 17.9 Å². The number of carbonyl (C=O) groups excluding carboxylic acids is 2. The molecule has 1 fully saturated rings. The minimum Gasteiger partial charge on any atom is -0.354 e. The normalized spacial score (nSPS) is 14.6. The van der Waals surface area contributed by atoms with Crippen LogP contribution in [0.25, 0.3) is 10.9 Å². The van der Waals surface area contributed by atoms with Gasteiger partial charge in [-0.2, -0.15) is 4.39 Å². The summed E-state index contributed by atoms with van der Waals surface area (Å²) in [4.78, 5) is 46.4. The highest BCUT2D eigenvalue weighted by Gasteiger charge is 2.28. The van der Waals surface area contributed by atoms with Crippen LogP contribution in [0.2, 0.25) is 0 Å². The van der Waals surface area contributed by atoms with E-state index >= 15 is 0 Å². The average molecular weight is 471 g/mol. The Morgan fingerprint density at radius 2 is 2.03 bits per heavy atom. The number of halogens is 1. The van der Waals surface area contributed by atoms with Crippen LogP contribution < -0.4 is 15.9 Å². The van der Waals surface area contributed by atoms with E-state index < -0.39 is 11.9 Å². The van der Waals surface area contributed by atoms with Crippen LogP contribution >= 0.6 is 12.2 Å². The molecule has 1 aliphatic heterocycles. The topological polar surface area (TPSA) is 103 Å². The number of hydrogen-bond acceptors (Lipinski definition) is 6. The quantitative estimate of drug-likeness (QED) is 0.436. The second-order valence-corrected chi connectivity index (χ2v) is 8.09. The Bertz CT molecular complexity index is 1370. The van der Waals surface area contributed by atoms with E-state index in [2.05, 4.69) is 15.3 Å². The highest BCUT2D eigenvalue weighted by atomic mass is 32.1. The number of H-pyrrole nitrogens is 1. The minimum atomic E-state index is -0.861. The molecule has 3 aromatic rings. The molecule has 0 radical (unpaired) electrons. The van der Waals surface area contributed by atoms with Crippen molar-refractivity contribution in [1.29, 1.82) is 0 Å². The minimum absolute atomic E-state index is 0.0501. The van der Waals surface area contributed by atoms with Gasteiger partial charge < -0.3 is 15.2 Å². The summed E-state index contributed by atoms with van der Waals surface area (Å²) in [5.74, 6) is -1.62. The van der Waals surface area contributed by atoms with Crippen LogP contribution in [-0.4, -0.2) is 57.9 Å². The number of pyridine rings is 1. The fraction of sp³-hybridized carbons (Fsp3) is 0.318. The fourth-order valence-corrected chi connectivity index (χ4v) is 4.33. The molecule has 1 aliphatic rings. The molecule has 2 aromatic heterocycles. The van der Waals surface area contributed by atoms with E-state index in [4.69, 9.17) is 12.2 Å². The van der Waals surface area contributed by atoms with Gasteiger partial charge in [0.1, 0.15) is 10.3 Å². The molecule has 0 atom stereocenters. The summed E-state index contributed by atoms with van der Waals surface area (Å²) < 4.78 is 16.5. The maximum Gasteiger partial charge on any atom is 0.326 e. The zero-order chi connectivity index (χ0) is 23.7. The Hall–Kier alpha value is -3.44. The lowest BCUT2D eigenvalue weighted by molar-refractivity contribution is -0.121. The summed E-state index contributed by atoms with van der Waals surface area (Å²) in [5.41, 5.74) is 1.32. The number of nitrogens with one attached hydrogen (secondary N) is 2. The van der Waals surface area contributed by atoms with Crippen LogP contribution in [0, 0.1) is 10.6 Å². The van der Waals surface area contributed by atoms with Gasteiger partial charge in [0.2, 0.25) is 11.9 Å². The van der Waals surface area contributed by atoms with Gasteiger partial charge in [-0.3, -0.25) is 19.1 Å². The Kier molecular flexibility index (Phi) is 6.34.